The van der Waals surface area contributed by atoms with E-state index < -0.39 is 17.6 Å². The van der Waals surface area contributed by atoms with Gasteiger partial charge >= 0.3 is 0 Å². The molecule has 1 aromatic carbocycles. The summed E-state index contributed by atoms with van der Waals surface area (Å²) in [5, 5.41) is 8.95. The molecule has 2 rings (SSSR count). The zero-order valence-electron chi connectivity index (χ0n) is 12.1. The molecule has 0 aliphatic carbocycles. The minimum absolute atomic E-state index is 0.180. The third-order valence-electron chi connectivity index (χ3n) is 2.77. The van der Waals surface area contributed by atoms with Crippen molar-refractivity contribution in [2.45, 2.75) is 0 Å². The third kappa shape index (κ3) is 3.81. The van der Waals surface area contributed by atoms with Gasteiger partial charge in [0.15, 0.2) is 0 Å². The Kier molecular flexibility index (Phi) is 4.72. The van der Waals surface area contributed by atoms with Crippen molar-refractivity contribution in [3.8, 4) is 5.88 Å². The molecule has 0 saturated heterocycles. The van der Waals surface area contributed by atoms with E-state index in [0.717, 1.165) is 0 Å². The molecule has 0 fully saturated rings. The maximum atomic E-state index is 12.7. The number of carbonyl (C=O) groups is 2. The van der Waals surface area contributed by atoms with Crippen LogP contribution < -0.4 is 15.4 Å². The van der Waals surface area contributed by atoms with Crippen LogP contribution in [0.4, 0.5) is 10.1 Å². The lowest BCUT2D eigenvalue weighted by Gasteiger charge is -2.06. The van der Waals surface area contributed by atoms with Crippen LogP contribution in [0.2, 0.25) is 0 Å². The van der Waals surface area contributed by atoms with E-state index >= 15 is 0 Å². The molecule has 0 aliphatic rings. The Balaban J connectivity index is 1.90. The van der Waals surface area contributed by atoms with Gasteiger partial charge in [-0.25, -0.2) is 4.39 Å². The number of amides is 2. The van der Waals surface area contributed by atoms with Crippen LogP contribution in [0.15, 0.2) is 30.5 Å². The van der Waals surface area contributed by atoms with Crippen LogP contribution in [-0.4, -0.2) is 35.2 Å². The van der Waals surface area contributed by atoms with Crippen LogP contribution >= 0.6 is 0 Å². The SMILES string of the molecule is COc1nn(C)cc1C(=O)NCC(=O)Nc1ccc(F)cc1. The zero-order valence-corrected chi connectivity index (χ0v) is 12.1. The summed E-state index contributed by atoms with van der Waals surface area (Å²) in [6.07, 6.45) is 1.49. The Labute approximate surface area is 126 Å². The summed E-state index contributed by atoms with van der Waals surface area (Å²) in [6.45, 7) is -0.228. The maximum Gasteiger partial charge on any atom is 0.258 e. The molecule has 0 saturated carbocycles. The van der Waals surface area contributed by atoms with Crippen molar-refractivity contribution in [1.82, 2.24) is 15.1 Å². The predicted molar refractivity (Wildman–Crippen MR) is 77.1 cm³/mol. The Morgan fingerprint density at radius 3 is 2.64 bits per heavy atom. The van der Waals surface area contributed by atoms with Gasteiger partial charge in [0.1, 0.15) is 11.4 Å². The minimum Gasteiger partial charge on any atom is -0.479 e. The lowest BCUT2D eigenvalue weighted by Crippen LogP contribution is -2.32. The second kappa shape index (κ2) is 6.70. The Morgan fingerprint density at radius 2 is 2.00 bits per heavy atom. The predicted octanol–water partition coefficient (Wildman–Crippen LogP) is 0.936. The first kappa shape index (κ1) is 15.5. The Bertz CT molecular complexity index is 682. The van der Waals surface area contributed by atoms with E-state index in [1.807, 2.05) is 0 Å². The number of hydrogen-bond donors (Lipinski definition) is 2. The van der Waals surface area contributed by atoms with E-state index in [1.54, 1.807) is 7.05 Å². The summed E-state index contributed by atoms with van der Waals surface area (Å²) >= 11 is 0. The van der Waals surface area contributed by atoms with Gasteiger partial charge < -0.3 is 15.4 Å². The summed E-state index contributed by atoms with van der Waals surface area (Å²) < 4.78 is 19.2. The highest BCUT2D eigenvalue weighted by Gasteiger charge is 2.16. The van der Waals surface area contributed by atoms with Gasteiger partial charge in [0, 0.05) is 18.9 Å². The lowest BCUT2D eigenvalue weighted by molar-refractivity contribution is -0.115. The molecule has 0 spiro atoms. The van der Waals surface area contributed by atoms with E-state index in [1.165, 1.54) is 42.3 Å². The van der Waals surface area contributed by atoms with Crippen molar-refractivity contribution < 1.29 is 18.7 Å². The second-order valence-electron chi connectivity index (χ2n) is 4.46. The molecule has 1 aromatic heterocycles. The van der Waals surface area contributed by atoms with E-state index in [2.05, 4.69) is 15.7 Å². The van der Waals surface area contributed by atoms with Crippen LogP contribution in [-0.2, 0) is 11.8 Å². The molecule has 2 amide bonds. The largest absolute Gasteiger partial charge is 0.479 e. The molecule has 116 valence electrons. The summed E-state index contributed by atoms with van der Waals surface area (Å²) in [4.78, 5) is 23.7. The molecule has 0 unspecified atom stereocenters. The number of carbonyl (C=O) groups excluding carboxylic acids is 2. The van der Waals surface area contributed by atoms with Crippen molar-refractivity contribution in [2.75, 3.05) is 19.0 Å². The van der Waals surface area contributed by atoms with Crippen LogP contribution in [0.1, 0.15) is 10.4 Å². The van der Waals surface area contributed by atoms with Gasteiger partial charge in [0.2, 0.25) is 11.8 Å². The van der Waals surface area contributed by atoms with E-state index in [0.29, 0.717) is 5.69 Å². The van der Waals surface area contributed by atoms with Gasteiger partial charge in [0.05, 0.1) is 13.7 Å². The zero-order chi connectivity index (χ0) is 16.1. The second-order valence-corrected chi connectivity index (χ2v) is 4.46. The van der Waals surface area contributed by atoms with Crippen LogP contribution in [0, 0.1) is 5.82 Å². The van der Waals surface area contributed by atoms with Crippen molar-refractivity contribution in [3.05, 3.63) is 41.8 Å². The number of benzene rings is 1. The van der Waals surface area contributed by atoms with E-state index in [-0.39, 0.29) is 18.0 Å². The lowest BCUT2D eigenvalue weighted by atomic mass is 10.3. The number of nitrogens with one attached hydrogen (secondary N) is 2. The van der Waals surface area contributed by atoms with Gasteiger partial charge in [0.25, 0.3) is 5.91 Å². The van der Waals surface area contributed by atoms with Gasteiger partial charge in [-0.3, -0.25) is 14.3 Å². The Hall–Kier alpha value is -2.90. The molecule has 22 heavy (non-hydrogen) atoms. The molecular formula is C14H15FN4O3. The number of aryl methyl sites for hydroxylation is 1. The van der Waals surface area contributed by atoms with E-state index in [4.69, 9.17) is 4.74 Å². The molecule has 7 nitrogen and oxygen atoms in total. The fourth-order valence-electron chi connectivity index (χ4n) is 1.77. The number of anilines is 1. The molecule has 0 radical (unpaired) electrons. The quantitative estimate of drug-likeness (QED) is 0.861. The van der Waals surface area contributed by atoms with Crippen LogP contribution in [0.3, 0.4) is 0 Å². The smallest absolute Gasteiger partial charge is 0.258 e. The van der Waals surface area contributed by atoms with Gasteiger partial charge in [-0.2, -0.15) is 0 Å². The average molecular weight is 306 g/mol. The van der Waals surface area contributed by atoms with Crippen LogP contribution in [0.5, 0.6) is 5.88 Å². The first-order valence-corrected chi connectivity index (χ1v) is 6.41. The summed E-state index contributed by atoms with van der Waals surface area (Å²) in [7, 11) is 3.06. The molecular weight excluding hydrogens is 291 g/mol. The molecule has 0 bridgehead atoms. The summed E-state index contributed by atoms with van der Waals surface area (Å²) in [5.74, 6) is -1.11. The maximum absolute atomic E-state index is 12.7. The van der Waals surface area contributed by atoms with E-state index in [9.17, 15) is 14.0 Å². The highest BCUT2D eigenvalue weighted by Crippen LogP contribution is 2.14. The number of ether oxygens (including phenoxy) is 1. The van der Waals surface area contributed by atoms with Crippen molar-refractivity contribution in [1.29, 1.82) is 0 Å². The average Bonchev–Trinajstić information content (AvgIpc) is 2.88. The van der Waals surface area contributed by atoms with Gasteiger partial charge in [-0.15, -0.1) is 5.10 Å². The first-order valence-electron chi connectivity index (χ1n) is 6.41. The van der Waals surface area contributed by atoms with Crippen LogP contribution in [0.25, 0.3) is 0 Å². The molecule has 2 aromatic rings. The molecule has 0 aliphatic heterocycles. The molecule has 0 atom stereocenters. The number of halogens is 1. The number of rotatable bonds is 5. The van der Waals surface area contributed by atoms with Crippen molar-refractivity contribution in [3.63, 3.8) is 0 Å². The normalized spacial score (nSPS) is 10.1. The van der Waals surface area contributed by atoms with Crippen molar-refractivity contribution >= 4 is 17.5 Å². The monoisotopic (exact) mass is 306 g/mol. The Morgan fingerprint density at radius 1 is 1.32 bits per heavy atom. The standard InChI is InChI=1S/C14H15FN4O3/c1-19-8-11(14(18-19)22-2)13(21)16-7-12(20)17-10-5-3-9(15)4-6-10/h3-6,8H,7H2,1-2H3,(H,16,21)(H,17,20). The highest BCUT2D eigenvalue weighted by atomic mass is 19.1. The van der Waals surface area contributed by atoms with Gasteiger partial charge in [-0.05, 0) is 24.3 Å². The van der Waals surface area contributed by atoms with Crippen molar-refractivity contribution in [2.24, 2.45) is 7.05 Å². The number of methoxy groups -OCH3 is 1. The molecule has 8 heteroatoms. The summed E-state index contributed by atoms with van der Waals surface area (Å²) in [6, 6.07) is 5.32. The fourth-order valence-corrected chi connectivity index (χ4v) is 1.77. The molecule has 1 heterocycles. The number of nitrogens with zero attached hydrogens (tertiary/aromatic N) is 2. The molecule has 2 N–H and O–H groups in total. The van der Waals surface area contributed by atoms with Gasteiger partial charge in [-0.1, -0.05) is 0 Å². The summed E-state index contributed by atoms with van der Waals surface area (Å²) in [5.41, 5.74) is 0.680. The fraction of sp³-hybridized carbons (Fsp3) is 0.214. The first-order chi connectivity index (χ1) is 10.5. The third-order valence-corrected chi connectivity index (χ3v) is 2.77. The topological polar surface area (TPSA) is 85.2 Å². The highest BCUT2D eigenvalue weighted by molar-refractivity contribution is 6.00. The number of aromatic nitrogens is 2. The minimum atomic E-state index is -0.473. The number of hydrogen-bond acceptors (Lipinski definition) is 4.